The lowest BCUT2D eigenvalue weighted by atomic mass is 9.74. The second-order valence-corrected chi connectivity index (χ2v) is 8.73. The number of fused-ring (bicyclic) bond motifs is 8. The van der Waals surface area contributed by atoms with Crippen LogP contribution in [0, 0.1) is 0 Å². The second kappa shape index (κ2) is 6.97. The van der Waals surface area contributed by atoms with Crippen molar-refractivity contribution >= 4 is 15.7 Å². The van der Waals surface area contributed by atoms with Gasteiger partial charge >= 0.3 is 0 Å². The number of hydrogen-bond acceptors (Lipinski definition) is 4. The Bertz CT molecular complexity index is 621. The van der Waals surface area contributed by atoms with Gasteiger partial charge in [-0.25, -0.2) is 0 Å². The van der Waals surface area contributed by atoms with Crippen LogP contribution in [0.2, 0.25) is 11.6 Å². The lowest BCUT2D eigenvalue weighted by molar-refractivity contribution is 0.389. The molecule has 2 fully saturated rings. The smallest absolute Gasteiger partial charge is 0.0750 e. The first kappa shape index (κ1) is 17.3. The first-order valence-corrected chi connectivity index (χ1v) is 10.3. The Kier molecular flexibility index (Phi) is 4.64. The summed E-state index contributed by atoms with van der Waals surface area (Å²) in [6, 6.07) is 2.81. The summed E-state index contributed by atoms with van der Waals surface area (Å²) >= 11 is 0. The van der Waals surface area contributed by atoms with Crippen LogP contribution in [0.25, 0.3) is 0 Å². The molecule has 6 heteroatoms. The van der Waals surface area contributed by atoms with Gasteiger partial charge in [-0.2, -0.15) is 0 Å². The van der Waals surface area contributed by atoms with Crippen molar-refractivity contribution < 1.29 is 0 Å². The van der Waals surface area contributed by atoms with Crippen molar-refractivity contribution in [2.75, 3.05) is 0 Å². The molecule has 8 bridgehead atoms. The summed E-state index contributed by atoms with van der Waals surface area (Å²) in [5.41, 5.74) is 0. The van der Waals surface area contributed by atoms with Gasteiger partial charge in [0.2, 0.25) is 0 Å². The summed E-state index contributed by atoms with van der Waals surface area (Å²) in [4.78, 5) is 0. The van der Waals surface area contributed by atoms with Crippen LogP contribution in [0.15, 0.2) is 36.5 Å². The summed E-state index contributed by atoms with van der Waals surface area (Å²) < 4.78 is 0. The van der Waals surface area contributed by atoms with E-state index < -0.39 is 0 Å². The van der Waals surface area contributed by atoms with Crippen molar-refractivity contribution in [3.05, 3.63) is 36.5 Å². The highest BCUT2D eigenvalue weighted by Crippen LogP contribution is 2.32. The van der Waals surface area contributed by atoms with E-state index in [1.807, 2.05) is 0 Å². The standard InChI is InChI=1S/C20H28B2N4/c21-19-15-5-3-13(24-15)9-11-1-2-12(23-11)10-14-4-6-16(25-14)20(22)18-8-7-17(19)26-18/h1-3,5,7-8,11-20,23-26H,4,6,9-10H2. The summed E-state index contributed by atoms with van der Waals surface area (Å²) in [7, 11) is 13.2. The van der Waals surface area contributed by atoms with Crippen molar-refractivity contribution in [2.45, 2.75) is 85.7 Å². The Morgan fingerprint density at radius 1 is 0.577 bits per heavy atom. The summed E-state index contributed by atoms with van der Waals surface area (Å²) in [5.74, 6) is 0.0998. The van der Waals surface area contributed by atoms with E-state index in [0.29, 0.717) is 30.2 Å². The zero-order valence-corrected chi connectivity index (χ0v) is 15.2. The molecule has 5 heterocycles. The number of nitrogens with one attached hydrogen (secondary N) is 4. The van der Waals surface area contributed by atoms with Crippen molar-refractivity contribution in [1.29, 1.82) is 0 Å². The molecule has 0 aliphatic carbocycles. The van der Waals surface area contributed by atoms with Crippen molar-refractivity contribution in [3.8, 4) is 0 Å². The highest BCUT2D eigenvalue weighted by atomic mass is 15.1. The van der Waals surface area contributed by atoms with Crippen molar-refractivity contribution in [3.63, 3.8) is 0 Å². The first-order chi connectivity index (χ1) is 12.7. The fourth-order valence-corrected chi connectivity index (χ4v) is 5.39. The molecule has 5 rings (SSSR count). The van der Waals surface area contributed by atoms with E-state index in [-0.39, 0.29) is 29.8 Å². The van der Waals surface area contributed by atoms with Crippen LogP contribution in [0.5, 0.6) is 0 Å². The average molecular weight is 346 g/mol. The molecule has 0 saturated carbocycles. The fourth-order valence-electron chi connectivity index (χ4n) is 5.39. The monoisotopic (exact) mass is 346 g/mol. The predicted octanol–water partition coefficient (Wildman–Crippen LogP) is 0.505. The predicted molar refractivity (Wildman–Crippen MR) is 108 cm³/mol. The van der Waals surface area contributed by atoms with Crippen LogP contribution in [0.3, 0.4) is 0 Å². The molecule has 4 nitrogen and oxygen atoms in total. The molecule has 0 aromatic carbocycles. The molecule has 0 aromatic rings. The van der Waals surface area contributed by atoms with Gasteiger partial charge < -0.3 is 21.3 Å². The van der Waals surface area contributed by atoms with Gasteiger partial charge in [0.15, 0.2) is 0 Å². The van der Waals surface area contributed by atoms with Gasteiger partial charge in [0.05, 0.1) is 15.7 Å². The van der Waals surface area contributed by atoms with Gasteiger partial charge in [0.25, 0.3) is 0 Å². The minimum absolute atomic E-state index is 0.0155. The molecule has 5 aliphatic heterocycles. The van der Waals surface area contributed by atoms with E-state index in [9.17, 15) is 0 Å². The Balaban J connectivity index is 1.35. The molecule has 5 aliphatic rings. The van der Waals surface area contributed by atoms with E-state index >= 15 is 0 Å². The molecule has 134 valence electrons. The van der Waals surface area contributed by atoms with Crippen LogP contribution in [-0.4, -0.2) is 64.0 Å². The number of hydrogen-bond donors (Lipinski definition) is 4. The summed E-state index contributed by atoms with van der Waals surface area (Å²) in [5, 5.41) is 14.9. The molecular weight excluding hydrogens is 318 g/mol. The number of rotatable bonds is 0. The zero-order valence-electron chi connectivity index (χ0n) is 15.2. The molecule has 4 radical (unpaired) electrons. The molecule has 10 atom stereocenters. The molecule has 0 aromatic heterocycles. The maximum Gasteiger partial charge on any atom is 0.0750 e. The summed E-state index contributed by atoms with van der Waals surface area (Å²) in [6.45, 7) is 0. The van der Waals surface area contributed by atoms with Gasteiger partial charge in [-0.1, -0.05) is 36.5 Å². The van der Waals surface area contributed by atoms with E-state index in [2.05, 4.69) is 57.7 Å². The molecule has 0 amide bonds. The Morgan fingerprint density at radius 3 is 2.04 bits per heavy atom. The third-order valence-electron chi connectivity index (χ3n) is 6.90. The normalized spacial score (nSPS) is 52.8. The van der Waals surface area contributed by atoms with Gasteiger partial charge in [-0.05, 0) is 37.3 Å². The van der Waals surface area contributed by atoms with Gasteiger partial charge in [0, 0.05) is 48.3 Å². The Hall–Kier alpha value is -0.810. The minimum Gasteiger partial charge on any atom is -0.312 e. The van der Waals surface area contributed by atoms with Gasteiger partial charge in [0.1, 0.15) is 0 Å². The molecule has 10 unspecified atom stereocenters. The third kappa shape index (κ3) is 3.26. The molecule has 0 spiro atoms. The van der Waals surface area contributed by atoms with Crippen LogP contribution < -0.4 is 21.3 Å². The quantitative estimate of drug-likeness (QED) is 0.381. The average Bonchev–Trinajstić information content (AvgIpc) is 3.41. The zero-order chi connectivity index (χ0) is 17.7. The Morgan fingerprint density at radius 2 is 1.19 bits per heavy atom. The van der Waals surface area contributed by atoms with E-state index in [4.69, 9.17) is 15.7 Å². The highest BCUT2D eigenvalue weighted by Gasteiger charge is 2.37. The lowest BCUT2D eigenvalue weighted by Gasteiger charge is -2.32. The second-order valence-electron chi connectivity index (χ2n) is 8.73. The van der Waals surface area contributed by atoms with Crippen LogP contribution in [0.4, 0.5) is 0 Å². The summed E-state index contributed by atoms with van der Waals surface area (Å²) in [6.07, 6.45) is 18.3. The van der Waals surface area contributed by atoms with Crippen LogP contribution >= 0.6 is 0 Å². The topological polar surface area (TPSA) is 48.1 Å². The maximum absolute atomic E-state index is 6.62. The molecule has 4 N–H and O–H groups in total. The highest BCUT2D eigenvalue weighted by molar-refractivity contribution is 6.14. The molecular formula is C20H28B2N4. The largest absolute Gasteiger partial charge is 0.312 e. The minimum atomic E-state index is 0.0155. The lowest BCUT2D eigenvalue weighted by Crippen LogP contribution is -2.48. The fraction of sp³-hybridized carbons (Fsp3) is 0.700. The third-order valence-corrected chi connectivity index (χ3v) is 6.90. The molecule has 26 heavy (non-hydrogen) atoms. The first-order valence-electron chi connectivity index (χ1n) is 10.3. The van der Waals surface area contributed by atoms with Gasteiger partial charge in [-0.3, -0.25) is 0 Å². The van der Waals surface area contributed by atoms with Gasteiger partial charge in [-0.15, -0.1) is 0 Å². The van der Waals surface area contributed by atoms with E-state index in [0.717, 1.165) is 19.3 Å². The van der Waals surface area contributed by atoms with E-state index in [1.54, 1.807) is 0 Å². The van der Waals surface area contributed by atoms with Crippen LogP contribution in [-0.2, 0) is 0 Å². The Labute approximate surface area is 159 Å². The van der Waals surface area contributed by atoms with Crippen molar-refractivity contribution in [1.82, 2.24) is 21.3 Å². The molecule has 2 saturated heterocycles. The van der Waals surface area contributed by atoms with Crippen LogP contribution in [0.1, 0.15) is 25.7 Å². The maximum atomic E-state index is 6.62. The van der Waals surface area contributed by atoms with E-state index in [1.165, 1.54) is 6.42 Å². The SMILES string of the molecule is [B]C1C2C=CC(CC3C=CC(CC4CCC(N4)C([B])C4C=CC1N4)N3)N2. The van der Waals surface area contributed by atoms with Crippen molar-refractivity contribution in [2.24, 2.45) is 0 Å².